The Morgan fingerprint density at radius 3 is 2.56 bits per heavy atom. The maximum atomic E-state index is 14.5. The molecule has 0 saturated heterocycles. The molecule has 0 unspecified atom stereocenters. The van der Waals surface area contributed by atoms with Gasteiger partial charge in [-0.15, -0.1) is 0 Å². The Morgan fingerprint density at radius 2 is 1.88 bits per heavy atom. The SMILES string of the molecule is CCn1nc(C)cc1-c1ccc(NC(=O)c2ccccc2F)cc1F. The van der Waals surface area contributed by atoms with E-state index in [9.17, 15) is 13.6 Å². The second-order valence-corrected chi connectivity index (χ2v) is 5.62. The molecule has 128 valence electrons. The topological polar surface area (TPSA) is 46.9 Å². The van der Waals surface area contributed by atoms with Crippen molar-refractivity contribution >= 4 is 11.6 Å². The number of hydrogen-bond acceptors (Lipinski definition) is 2. The number of amides is 1. The third kappa shape index (κ3) is 3.42. The molecule has 0 spiro atoms. The van der Waals surface area contributed by atoms with Crippen molar-refractivity contribution < 1.29 is 13.6 Å². The Balaban J connectivity index is 1.87. The first-order valence-corrected chi connectivity index (χ1v) is 7.90. The summed E-state index contributed by atoms with van der Waals surface area (Å²) in [6.07, 6.45) is 0. The van der Waals surface area contributed by atoms with Crippen molar-refractivity contribution in [1.29, 1.82) is 0 Å². The van der Waals surface area contributed by atoms with Gasteiger partial charge in [0.1, 0.15) is 11.6 Å². The minimum Gasteiger partial charge on any atom is -0.322 e. The van der Waals surface area contributed by atoms with Gasteiger partial charge >= 0.3 is 0 Å². The largest absolute Gasteiger partial charge is 0.322 e. The highest BCUT2D eigenvalue weighted by atomic mass is 19.1. The van der Waals surface area contributed by atoms with Gasteiger partial charge in [-0.1, -0.05) is 12.1 Å². The first kappa shape index (κ1) is 16.8. The van der Waals surface area contributed by atoms with Crippen LogP contribution in [-0.2, 0) is 6.54 Å². The van der Waals surface area contributed by atoms with Gasteiger partial charge < -0.3 is 5.32 Å². The predicted octanol–water partition coefficient (Wildman–Crippen LogP) is 4.41. The van der Waals surface area contributed by atoms with Gasteiger partial charge in [0.05, 0.1) is 17.0 Å². The zero-order chi connectivity index (χ0) is 18.0. The van der Waals surface area contributed by atoms with Crippen molar-refractivity contribution in [2.24, 2.45) is 0 Å². The molecule has 4 nitrogen and oxygen atoms in total. The van der Waals surface area contributed by atoms with E-state index in [1.807, 2.05) is 13.8 Å². The summed E-state index contributed by atoms with van der Waals surface area (Å²) in [6, 6.07) is 11.8. The maximum Gasteiger partial charge on any atom is 0.258 e. The number of carbonyl (C=O) groups excluding carboxylic acids is 1. The number of halogens is 2. The predicted molar refractivity (Wildman–Crippen MR) is 92.4 cm³/mol. The highest BCUT2D eigenvalue weighted by Crippen LogP contribution is 2.26. The summed E-state index contributed by atoms with van der Waals surface area (Å²) in [5, 5.41) is 6.82. The average molecular weight is 341 g/mol. The highest BCUT2D eigenvalue weighted by Gasteiger charge is 2.15. The van der Waals surface area contributed by atoms with E-state index in [1.165, 1.54) is 24.3 Å². The molecule has 0 atom stereocenters. The molecule has 2 aromatic carbocycles. The average Bonchev–Trinajstić information content (AvgIpc) is 2.96. The molecular weight excluding hydrogens is 324 g/mol. The van der Waals surface area contributed by atoms with E-state index in [4.69, 9.17) is 0 Å². The highest BCUT2D eigenvalue weighted by molar-refractivity contribution is 6.04. The molecule has 0 saturated carbocycles. The molecule has 1 N–H and O–H groups in total. The third-order valence-corrected chi connectivity index (χ3v) is 3.82. The standard InChI is InChI=1S/C19H17F2N3O/c1-3-24-18(10-12(2)23-24)14-9-8-13(11-17(14)21)22-19(25)15-6-4-5-7-16(15)20/h4-11H,3H2,1-2H3,(H,22,25). The summed E-state index contributed by atoms with van der Waals surface area (Å²) < 4.78 is 29.9. The number of aryl methyl sites for hydroxylation is 2. The zero-order valence-corrected chi connectivity index (χ0v) is 13.9. The van der Waals surface area contributed by atoms with Crippen molar-refractivity contribution in [2.75, 3.05) is 5.32 Å². The van der Waals surface area contributed by atoms with Gasteiger partial charge in [-0.25, -0.2) is 8.78 Å². The van der Waals surface area contributed by atoms with Gasteiger partial charge in [0.2, 0.25) is 0 Å². The van der Waals surface area contributed by atoms with Crippen molar-refractivity contribution in [3.8, 4) is 11.3 Å². The van der Waals surface area contributed by atoms with E-state index in [0.717, 1.165) is 5.69 Å². The van der Waals surface area contributed by atoms with Crippen molar-refractivity contribution in [2.45, 2.75) is 20.4 Å². The van der Waals surface area contributed by atoms with Crippen molar-refractivity contribution in [3.63, 3.8) is 0 Å². The Labute approximate surface area is 144 Å². The summed E-state index contributed by atoms with van der Waals surface area (Å²) >= 11 is 0. The molecule has 1 heterocycles. The lowest BCUT2D eigenvalue weighted by Gasteiger charge is -2.09. The van der Waals surface area contributed by atoms with Gasteiger partial charge in [-0.05, 0) is 50.2 Å². The lowest BCUT2D eigenvalue weighted by atomic mass is 10.1. The van der Waals surface area contributed by atoms with Crippen LogP contribution in [0.5, 0.6) is 0 Å². The van der Waals surface area contributed by atoms with Crippen molar-refractivity contribution in [1.82, 2.24) is 9.78 Å². The summed E-state index contributed by atoms with van der Waals surface area (Å²) in [6.45, 7) is 4.39. The molecule has 25 heavy (non-hydrogen) atoms. The third-order valence-electron chi connectivity index (χ3n) is 3.82. The normalized spacial score (nSPS) is 10.7. The minimum atomic E-state index is -0.626. The van der Waals surface area contributed by atoms with E-state index >= 15 is 0 Å². The molecule has 0 aliphatic carbocycles. The molecule has 0 aliphatic rings. The number of aromatic nitrogens is 2. The summed E-state index contributed by atoms with van der Waals surface area (Å²) in [5.41, 5.74) is 2.03. The second-order valence-electron chi connectivity index (χ2n) is 5.62. The monoisotopic (exact) mass is 341 g/mol. The van der Waals surface area contributed by atoms with Crippen LogP contribution in [0.1, 0.15) is 23.0 Å². The zero-order valence-electron chi connectivity index (χ0n) is 13.9. The lowest BCUT2D eigenvalue weighted by molar-refractivity contribution is 0.102. The van der Waals surface area contributed by atoms with Crippen LogP contribution in [-0.4, -0.2) is 15.7 Å². The van der Waals surface area contributed by atoms with E-state index < -0.39 is 17.5 Å². The molecule has 1 amide bonds. The second kappa shape index (κ2) is 6.84. The molecule has 3 rings (SSSR count). The number of anilines is 1. The molecule has 0 fully saturated rings. The number of nitrogens with zero attached hydrogens (tertiary/aromatic N) is 2. The van der Waals surface area contributed by atoms with Gasteiger partial charge in [-0.2, -0.15) is 5.10 Å². The van der Waals surface area contributed by atoms with Crippen LogP contribution in [0.15, 0.2) is 48.5 Å². The van der Waals surface area contributed by atoms with Gasteiger partial charge in [0.15, 0.2) is 0 Å². The quantitative estimate of drug-likeness (QED) is 0.764. The number of nitrogens with one attached hydrogen (secondary N) is 1. The smallest absolute Gasteiger partial charge is 0.258 e. The van der Waals surface area contributed by atoms with Crippen LogP contribution in [0.2, 0.25) is 0 Å². The molecular formula is C19H17F2N3O. The Kier molecular flexibility index (Phi) is 4.61. The number of rotatable bonds is 4. The Morgan fingerprint density at radius 1 is 1.12 bits per heavy atom. The molecule has 0 bridgehead atoms. The van der Waals surface area contributed by atoms with Crippen LogP contribution < -0.4 is 5.32 Å². The fraction of sp³-hybridized carbons (Fsp3) is 0.158. The summed E-state index contributed by atoms with van der Waals surface area (Å²) in [7, 11) is 0. The van der Waals surface area contributed by atoms with Crippen LogP contribution in [0, 0.1) is 18.6 Å². The van der Waals surface area contributed by atoms with Crippen LogP contribution in [0.4, 0.5) is 14.5 Å². The van der Waals surface area contributed by atoms with Crippen LogP contribution >= 0.6 is 0 Å². The van der Waals surface area contributed by atoms with Crippen LogP contribution in [0.3, 0.4) is 0 Å². The van der Waals surface area contributed by atoms with E-state index in [-0.39, 0.29) is 11.3 Å². The van der Waals surface area contributed by atoms with E-state index in [0.29, 0.717) is 17.8 Å². The number of benzene rings is 2. The summed E-state index contributed by atoms with van der Waals surface area (Å²) in [5.74, 6) is -1.74. The first-order valence-electron chi connectivity index (χ1n) is 7.90. The Bertz CT molecular complexity index is 934. The summed E-state index contributed by atoms with van der Waals surface area (Å²) in [4.78, 5) is 12.1. The minimum absolute atomic E-state index is 0.0910. The van der Waals surface area contributed by atoms with Crippen molar-refractivity contribution in [3.05, 3.63) is 71.4 Å². The van der Waals surface area contributed by atoms with Gasteiger partial charge in [0, 0.05) is 17.8 Å². The lowest BCUT2D eigenvalue weighted by Crippen LogP contribution is -2.13. The first-order chi connectivity index (χ1) is 12.0. The molecule has 3 aromatic rings. The van der Waals surface area contributed by atoms with E-state index in [2.05, 4.69) is 10.4 Å². The number of hydrogen-bond donors (Lipinski definition) is 1. The number of carbonyl (C=O) groups is 1. The maximum absolute atomic E-state index is 14.5. The molecule has 0 aliphatic heterocycles. The van der Waals surface area contributed by atoms with Gasteiger partial charge in [0.25, 0.3) is 5.91 Å². The van der Waals surface area contributed by atoms with E-state index in [1.54, 1.807) is 28.9 Å². The van der Waals surface area contributed by atoms with Crippen LogP contribution in [0.25, 0.3) is 11.3 Å². The van der Waals surface area contributed by atoms with Gasteiger partial charge in [-0.3, -0.25) is 9.48 Å². The molecule has 6 heteroatoms. The molecule has 1 aromatic heterocycles. The Hall–Kier alpha value is -3.02. The fourth-order valence-electron chi connectivity index (χ4n) is 2.65. The fourth-order valence-corrected chi connectivity index (χ4v) is 2.65. The molecule has 0 radical (unpaired) electrons.